The van der Waals surface area contributed by atoms with E-state index in [9.17, 15) is 0 Å². The predicted octanol–water partition coefficient (Wildman–Crippen LogP) is 2.81. The van der Waals surface area contributed by atoms with Crippen molar-refractivity contribution in [3.05, 3.63) is 41.5 Å². The second-order valence-corrected chi connectivity index (χ2v) is 7.36. The number of nitrogens with one attached hydrogen (secondary N) is 1. The van der Waals surface area contributed by atoms with Gasteiger partial charge in [0.15, 0.2) is 5.82 Å². The lowest BCUT2D eigenvalue weighted by Gasteiger charge is -2.27. The van der Waals surface area contributed by atoms with E-state index in [2.05, 4.69) is 39.6 Å². The standard InChI is InChI=1S/C18H26N6S/c19-16-10-15(17(23-21)18(20)22-16)25-12-14-7-3-2-6-13(14)11-24-8-4-1-5-9-24/h2-3,6-7,10,23H,1,4-5,8-9,11-12,21H2,(H4,19,20,22). The van der Waals surface area contributed by atoms with E-state index < -0.39 is 0 Å². The Morgan fingerprint density at radius 3 is 2.52 bits per heavy atom. The van der Waals surface area contributed by atoms with Gasteiger partial charge in [0.1, 0.15) is 11.5 Å². The van der Waals surface area contributed by atoms with Crippen molar-refractivity contribution in [1.29, 1.82) is 0 Å². The van der Waals surface area contributed by atoms with Gasteiger partial charge in [-0.2, -0.15) is 0 Å². The summed E-state index contributed by atoms with van der Waals surface area (Å²) < 4.78 is 0. The Hall–Kier alpha value is -1.96. The summed E-state index contributed by atoms with van der Waals surface area (Å²) in [7, 11) is 0. The number of pyridine rings is 1. The third kappa shape index (κ3) is 4.56. The molecule has 0 amide bonds. The molecule has 7 heteroatoms. The summed E-state index contributed by atoms with van der Waals surface area (Å²) in [5.74, 6) is 7.16. The topological polar surface area (TPSA) is 106 Å². The number of benzene rings is 1. The molecule has 6 nitrogen and oxygen atoms in total. The summed E-state index contributed by atoms with van der Waals surface area (Å²) in [5.41, 5.74) is 17.7. The minimum atomic E-state index is 0.326. The molecule has 3 rings (SSSR count). The van der Waals surface area contributed by atoms with E-state index in [1.165, 1.54) is 43.5 Å². The number of thioether (sulfide) groups is 1. The molecule has 0 radical (unpaired) electrons. The molecule has 0 bridgehead atoms. The number of nitrogens with zero attached hydrogens (tertiary/aromatic N) is 2. The zero-order valence-electron chi connectivity index (χ0n) is 14.4. The maximum Gasteiger partial charge on any atom is 0.151 e. The molecular weight excluding hydrogens is 332 g/mol. The number of hydrogen-bond acceptors (Lipinski definition) is 7. The van der Waals surface area contributed by atoms with E-state index in [0.717, 1.165) is 17.2 Å². The number of likely N-dealkylation sites (tertiary alicyclic amines) is 1. The van der Waals surface area contributed by atoms with E-state index in [0.29, 0.717) is 17.3 Å². The van der Waals surface area contributed by atoms with Gasteiger partial charge < -0.3 is 16.9 Å². The number of anilines is 3. The Morgan fingerprint density at radius 1 is 1.08 bits per heavy atom. The molecule has 1 saturated heterocycles. The zero-order valence-corrected chi connectivity index (χ0v) is 15.2. The maximum atomic E-state index is 5.90. The highest BCUT2D eigenvalue weighted by molar-refractivity contribution is 7.98. The number of hydrogen-bond donors (Lipinski definition) is 4. The van der Waals surface area contributed by atoms with Crippen LogP contribution < -0.4 is 22.7 Å². The molecule has 1 fully saturated rings. The zero-order chi connectivity index (χ0) is 17.6. The molecule has 1 aliphatic rings. The molecule has 0 unspecified atom stereocenters. The Morgan fingerprint density at radius 2 is 1.80 bits per heavy atom. The number of nitrogens with two attached hydrogens (primary N) is 3. The highest BCUT2D eigenvalue weighted by Crippen LogP contribution is 2.34. The molecule has 0 aliphatic carbocycles. The normalized spacial score (nSPS) is 15.2. The van der Waals surface area contributed by atoms with Crippen molar-refractivity contribution in [3.8, 4) is 0 Å². The Kier molecular flexibility index (Phi) is 6.01. The van der Waals surface area contributed by atoms with Gasteiger partial charge in [0.2, 0.25) is 0 Å². The minimum Gasteiger partial charge on any atom is -0.384 e. The summed E-state index contributed by atoms with van der Waals surface area (Å²) in [6.07, 6.45) is 3.96. The van der Waals surface area contributed by atoms with Gasteiger partial charge in [-0.25, -0.2) is 4.98 Å². The van der Waals surface area contributed by atoms with Crippen molar-refractivity contribution < 1.29 is 0 Å². The smallest absolute Gasteiger partial charge is 0.151 e. The fourth-order valence-electron chi connectivity index (χ4n) is 3.19. The van der Waals surface area contributed by atoms with E-state index >= 15 is 0 Å². The molecule has 1 aliphatic heterocycles. The lowest BCUT2D eigenvalue weighted by molar-refractivity contribution is 0.220. The lowest BCUT2D eigenvalue weighted by atomic mass is 10.1. The molecule has 1 aromatic heterocycles. The van der Waals surface area contributed by atoms with E-state index in [1.807, 2.05) is 6.07 Å². The summed E-state index contributed by atoms with van der Waals surface area (Å²) in [4.78, 5) is 7.51. The number of rotatable bonds is 6. The van der Waals surface area contributed by atoms with Crippen molar-refractivity contribution in [2.24, 2.45) is 5.84 Å². The molecule has 0 spiro atoms. The second-order valence-electron chi connectivity index (χ2n) is 6.34. The SMILES string of the molecule is NNc1c(SCc2ccccc2CN2CCCCC2)cc(N)nc1N. The summed E-state index contributed by atoms with van der Waals surface area (Å²) >= 11 is 1.67. The van der Waals surface area contributed by atoms with Crippen molar-refractivity contribution in [1.82, 2.24) is 9.88 Å². The van der Waals surface area contributed by atoms with Crippen LogP contribution in [0.25, 0.3) is 0 Å². The first-order chi connectivity index (χ1) is 12.2. The molecule has 1 aromatic carbocycles. The van der Waals surface area contributed by atoms with Gasteiger partial charge in [0.25, 0.3) is 0 Å². The first-order valence-electron chi connectivity index (χ1n) is 8.62. The van der Waals surface area contributed by atoms with Gasteiger partial charge in [-0.3, -0.25) is 10.7 Å². The first-order valence-corrected chi connectivity index (χ1v) is 9.60. The van der Waals surface area contributed by atoms with E-state index in [4.69, 9.17) is 17.3 Å². The van der Waals surface area contributed by atoms with Crippen LogP contribution in [0, 0.1) is 0 Å². The molecule has 7 N–H and O–H groups in total. The number of piperidine rings is 1. The Labute approximate surface area is 153 Å². The molecule has 25 heavy (non-hydrogen) atoms. The van der Waals surface area contributed by atoms with Crippen molar-refractivity contribution in [2.75, 3.05) is 30.0 Å². The first kappa shape index (κ1) is 17.8. The third-order valence-electron chi connectivity index (χ3n) is 4.52. The predicted molar refractivity (Wildman–Crippen MR) is 106 cm³/mol. The molecule has 0 saturated carbocycles. The van der Waals surface area contributed by atoms with Crippen LogP contribution in [0.5, 0.6) is 0 Å². The minimum absolute atomic E-state index is 0.326. The van der Waals surface area contributed by atoms with E-state index in [-0.39, 0.29) is 0 Å². The molecule has 2 heterocycles. The van der Waals surface area contributed by atoms with Gasteiger partial charge >= 0.3 is 0 Å². The average Bonchev–Trinajstić information content (AvgIpc) is 2.61. The van der Waals surface area contributed by atoms with Crippen LogP contribution in [0.15, 0.2) is 35.2 Å². The molecule has 2 aromatic rings. The van der Waals surface area contributed by atoms with Gasteiger partial charge in [0.05, 0.1) is 0 Å². The van der Waals surface area contributed by atoms with E-state index in [1.54, 1.807) is 11.8 Å². The summed E-state index contributed by atoms with van der Waals surface area (Å²) in [5, 5.41) is 0. The molecular formula is C18H26N6S. The maximum absolute atomic E-state index is 5.90. The van der Waals surface area contributed by atoms with Crippen LogP contribution in [0.4, 0.5) is 17.3 Å². The fraction of sp³-hybridized carbons (Fsp3) is 0.389. The monoisotopic (exact) mass is 358 g/mol. The Balaban J connectivity index is 1.73. The van der Waals surface area contributed by atoms with Crippen molar-refractivity contribution in [3.63, 3.8) is 0 Å². The van der Waals surface area contributed by atoms with Crippen LogP contribution in [0.3, 0.4) is 0 Å². The van der Waals surface area contributed by atoms with Gasteiger partial charge in [-0.05, 0) is 43.1 Å². The van der Waals surface area contributed by atoms with Gasteiger partial charge in [0, 0.05) is 17.2 Å². The summed E-state index contributed by atoms with van der Waals surface area (Å²) in [6.45, 7) is 3.40. The van der Waals surface area contributed by atoms with Crippen LogP contribution in [-0.2, 0) is 12.3 Å². The number of aromatic nitrogens is 1. The Bertz CT molecular complexity index is 715. The quantitative estimate of drug-likeness (QED) is 0.357. The lowest BCUT2D eigenvalue weighted by Crippen LogP contribution is -2.29. The van der Waals surface area contributed by atoms with Gasteiger partial charge in [-0.1, -0.05) is 30.7 Å². The average molecular weight is 359 g/mol. The second kappa shape index (κ2) is 8.42. The highest BCUT2D eigenvalue weighted by Gasteiger charge is 2.14. The highest BCUT2D eigenvalue weighted by atomic mass is 32.2. The van der Waals surface area contributed by atoms with Crippen LogP contribution in [0.1, 0.15) is 30.4 Å². The largest absolute Gasteiger partial charge is 0.384 e. The van der Waals surface area contributed by atoms with Crippen LogP contribution >= 0.6 is 11.8 Å². The molecule has 0 atom stereocenters. The number of hydrazine groups is 1. The van der Waals surface area contributed by atoms with Gasteiger partial charge in [-0.15, -0.1) is 11.8 Å². The van der Waals surface area contributed by atoms with Crippen molar-refractivity contribution in [2.45, 2.75) is 36.5 Å². The van der Waals surface area contributed by atoms with Crippen LogP contribution in [0.2, 0.25) is 0 Å². The molecule has 134 valence electrons. The van der Waals surface area contributed by atoms with Crippen LogP contribution in [-0.4, -0.2) is 23.0 Å². The third-order valence-corrected chi connectivity index (χ3v) is 5.61. The fourth-order valence-corrected chi connectivity index (χ4v) is 4.29. The summed E-state index contributed by atoms with van der Waals surface area (Å²) in [6, 6.07) is 10.4. The van der Waals surface area contributed by atoms with Crippen molar-refractivity contribution >= 4 is 29.1 Å². The number of nitrogen functional groups attached to an aromatic ring is 3.